The molecule has 1 rings (SSSR count). The van der Waals surface area contributed by atoms with E-state index in [1.54, 1.807) is 0 Å². The maximum absolute atomic E-state index is 9.75. The SMILES string of the molecule is CC(C)P(Cc1[c-]c(CP(C(C)C)C(C)C)ccc1)C(C)C.F[B-](F)(F)F.[C-]#[O+].[C-]#[O+].[Rh+2]. The first kappa shape index (κ1) is 39.2. The molecule has 0 heterocycles. The molecule has 1 aromatic rings. The van der Waals surface area contributed by atoms with Gasteiger partial charge in [0.2, 0.25) is 0 Å². The van der Waals surface area contributed by atoms with Crippen molar-refractivity contribution >= 4 is 23.1 Å². The third-order valence-electron chi connectivity index (χ3n) is 4.27. The average Bonchev–Trinajstić information content (AvgIpc) is 2.65. The van der Waals surface area contributed by atoms with Crippen LogP contribution in [-0.4, -0.2) is 29.9 Å². The minimum absolute atomic E-state index is 0. The van der Waals surface area contributed by atoms with Gasteiger partial charge in [0, 0.05) is 0 Å². The molecule has 0 N–H and O–H groups in total. The molecular weight excluding hydrogens is 548 g/mol. The van der Waals surface area contributed by atoms with Crippen molar-refractivity contribution in [3.8, 4) is 0 Å². The second kappa shape index (κ2) is 21.5. The predicted molar refractivity (Wildman–Crippen MR) is 125 cm³/mol. The van der Waals surface area contributed by atoms with E-state index in [1.807, 2.05) is 0 Å². The van der Waals surface area contributed by atoms with Gasteiger partial charge in [-0.25, -0.2) is 0 Å². The first-order valence-corrected chi connectivity index (χ1v) is 13.3. The van der Waals surface area contributed by atoms with Crippen molar-refractivity contribution in [2.24, 2.45) is 0 Å². The fourth-order valence-electron chi connectivity index (χ4n) is 3.07. The van der Waals surface area contributed by atoms with Gasteiger partial charge < -0.3 is 17.3 Å². The van der Waals surface area contributed by atoms with Crippen LogP contribution in [0, 0.1) is 19.4 Å². The molecule has 0 amide bonds. The zero-order valence-electron chi connectivity index (χ0n) is 20.1. The molecule has 185 valence electrons. The summed E-state index contributed by atoms with van der Waals surface area (Å²) in [4.78, 5) is 0. The Balaban J connectivity index is -0.000000338. The van der Waals surface area contributed by atoms with Crippen molar-refractivity contribution in [3.63, 3.8) is 0 Å². The van der Waals surface area contributed by atoms with Gasteiger partial charge in [-0.2, -0.15) is 35.4 Å². The van der Waals surface area contributed by atoms with E-state index in [0.717, 1.165) is 22.6 Å². The molecule has 0 aliphatic rings. The molecule has 10 heteroatoms. The third kappa shape index (κ3) is 21.8. The Bertz CT molecular complexity index is 559. The Hall–Kier alpha value is -0.0317. The summed E-state index contributed by atoms with van der Waals surface area (Å²) in [5, 5.41) is 0. The second-order valence-corrected chi connectivity index (χ2v) is 14.7. The molecule has 0 spiro atoms. The summed E-state index contributed by atoms with van der Waals surface area (Å²) in [6.45, 7) is 28.1. The first-order valence-electron chi connectivity index (χ1n) is 10.0. The van der Waals surface area contributed by atoms with Crippen LogP contribution in [-0.2, 0) is 41.1 Å². The van der Waals surface area contributed by atoms with E-state index in [2.05, 4.69) is 93.0 Å². The number of rotatable bonds is 8. The second-order valence-electron chi connectivity index (χ2n) is 7.92. The number of hydrogen-bond acceptors (Lipinski definition) is 0. The van der Waals surface area contributed by atoms with Crippen molar-refractivity contribution in [2.75, 3.05) is 0 Å². The summed E-state index contributed by atoms with van der Waals surface area (Å²) in [5.41, 5.74) is 6.08. The van der Waals surface area contributed by atoms with Gasteiger partial charge in [-0.1, -0.05) is 71.2 Å². The molecule has 0 fully saturated rings. The Morgan fingerprint density at radius 1 is 0.719 bits per heavy atom. The fourth-order valence-corrected chi connectivity index (χ4v) is 8.07. The maximum Gasteiger partial charge on any atom is 2.00 e. The largest absolute Gasteiger partial charge is 2.00 e. The van der Waals surface area contributed by atoms with Gasteiger partial charge in [0.15, 0.2) is 0 Å². The van der Waals surface area contributed by atoms with Gasteiger partial charge in [-0.15, -0.1) is 0 Å². The quantitative estimate of drug-likeness (QED) is 0.0972. The summed E-state index contributed by atoms with van der Waals surface area (Å²) < 4.78 is 54.0. The van der Waals surface area contributed by atoms with Crippen molar-refractivity contribution in [1.29, 1.82) is 0 Å². The third-order valence-corrected chi connectivity index (χ3v) is 11.0. The molecule has 1 radical (unpaired) electrons. The molecule has 2 nitrogen and oxygen atoms in total. The standard InChI is InChI=1S/C20H35P2.2CO.BF4.Rh/c1-15(2)21(16(3)4)13-19-10-9-11-20(12-19)14-22(17(5)6)18(7)8;2*1-2;2-1(3,4)5;/h9-11,15-18H,13-14H2,1-8H3;;;;/q-1;;;-1;+2. The zero-order chi connectivity index (χ0) is 25.4. The molecule has 0 unspecified atom stereocenters. The molecule has 32 heavy (non-hydrogen) atoms. The maximum atomic E-state index is 9.75. The summed E-state index contributed by atoms with van der Waals surface area (Å²) in [6, 6.07) is 10.6. The molecular formula is C22H35BF4O2P2Rh. The molecule has 0 aliphatic carbocycles. The molecule has 0 saturated heterocycles. The van der Waals surface area contributed by atoms with E-state index in [9.17, 15) is 17.3 Å². The Labute approximate surface area is 207 Å². The minimum Gasteiger partial charge on any atom is 2.00 e. The van der Waals surface area contributed by atoms with Crippen LogP contribution in [0.3, 0.4) is 0 Å². The molecule has 0 bridgehead atoms. The predicted octanol–water partition coefficient (Wildman–Crippen LogP) is 8.31. The molecule has 0 saturated carbocycles. The van der Waals surface area contributed by atoms with Crippen LogP contribution in [0.1, 0.15) is 66.5 Å². The van der Waals surface area contributed by atoms with Gasteiger partial charge in [-0.05, 0) is 35.0 Å². The van der Waals surface area contributed by atoms with E-state index >= 15 is 0 Å². The van der Waals surface area contributed by atoms with E-state index in [4.69, 9.17) is 9.30 Å². The molecule has 0 atom stereocenters. The molecule has 0 aromatic heterocycles. The van der Waals surface area contributed by atoms with Gasteiger partial charge >= 0.3 is 49.3 Å². The summed E-state index contributed by atoms with van der Waals surface area (Å²) in [5.74, 6) is 0. The van der Waals surface area contributed by atoms with Gasteiger partial charge in [0.05, 0.1) is 0 Å². The van der Waals surface area contributed by atoms with Crippen molar-refractivity contribution in [1.82, 2.24) is 0 Å². The normalized spacial score (nSPS) is 10.7. The average molecular weight is 583 g/mol. The van der Waals surface area contributed by atoms with Crippen molar-refractivity contribution in [3.05, 3.63) is 48.7 Å². The van der Waals surface area contributed by atoms with E-state index < -0.39 is 7.25 Å². The van der Waals surface area contributed by atoms with E-state index in [1.165, 1.54) is 23.5 Å². The van der Waals surface area contributed by atoms with Gasteiger partial charge in [0.1, 0.15) is 0 Å². The molecule has 1 aromatic carbocycles. The Kier molecular flexibility index (Phi) is 26.3. The van der Waals surface area contributed by atoms with Crippen LogP contribution < -0.4 is 0 Å². The zero-order valence-corrected chi connectivity index (χ0v) is 23.5. The number of hydrogen-bond donors (Lipinski definition) is 0. The fraction of sp³-hybridized carbons (Fsp3) is 0.636. The Morgan fingerprint density at radius 3 is 1.12 bits per heavy atom. The minimum atomic E-state index is -6.00. The van der Waals surface area contributed by atoms with Crippen LogP contribution >= 0.6 is 15.8 Å². The summed E-state index contributed by atoms with van der Waals surface area (Å²) in [7, 11) is -5.88. The smallest absolute Gasteiger partial charge is 2.00 e. The van der Waals surface area contributed by atoms with Crippen LogP contribution in [0.25, 0.3) is 0 Å². The number of benzene rings is 1. The van der Waals surface area contributed by atoms with Crippen LogP contribution in [0.15, 0.2) is 18.2 Å². The van der Waals surface area contributed by atoms with Gasteiger partial charge in [-0.3, -0.25) is 0 Å². The summed E-state index contributed by atoms with van der Waals surface area (Å²) >= 11 is 0. The molecule has 0 aliphatic heterocycles. The summed E-state index contributed by atoms with van der Waals surface area (Å²) in [6.07, 6.45) is 2.47. The van der Waals surface area contributed by atoms with Crippen LogP contribution in [0.5, 0.6) is 0 Å². The van der Waals surface area contributed by atoms with Gasteiger partial charge in [0.25, 0.3) is 0 Å². The topological polar surface area (TPSA) is 39.8 Å². The van der Waals surface area contributed by atoms with Crippen molar-refractivity contribution in [2.45, 2.75) is 90.3 Å². The van der Waals surface area contributed by atoms with Crippen LogP contribution in [0.4, 0.5) is 17.3 Å². The van der Waals surface area contributed by atoms with Crippen LogP contribution in [0.2, 0.25) is 0 Å². The van der Waals surface area contributed by atoms with Crippen molar-refractivity contribution < 1.29 is 46.0 Å². The van der Waals surface area contributed by atoms with E-state index in [0.29, 0.717) is 0 Å². The Morgan fingerprint density at radius 2 is 0.938 bits per heavy atom. The van der Waals surface area contributed by atoms with E-state index in [-0.39, 0.29) is 35.3 Å². The number of halogens is 4. The first-order chi connectivity index (χ1) is 14.2. The monoisotopic (exact) mass is 583 g/mol.